The largest absolute Gasteiger partial charge is 0.437 e. The Balaban J connectivity index is 2.28. The van der Waals surface area contributed by atoms with E-state index in [1.165, 1.54) is 32.3 Å². The van der Waals surface area contributed by atoms with Crippen LogP contribution in [-0.4, -0.2) is 22.7 Å². The summed E-state index contributed by atoms with van der Waals surface area (Å²) in [6.07, 6.45) is -4.70. The molecule has 1 amide bonds. The maximum Gasteiger partial charge on any atom is 0.437 e. The van der Waals surface area contributed by atoms with Gasteiger partial charge in [0.2, 0.25) is 0 Å². The summed E-state index contributed by atoms with van der Waals surface area (Å²) < 4.78 is 39.4. The summed E-state index contributed by atoms with van der Waals surface area (Å²) in [5.41, 5.74) is 6.16. The van der Waals surface area contributed by atoms with Crippen molar-refractivity contribution < 1.29 is 18.0 Å². The standard InChI is InChI=1S/C13H12Cl2F3N5O/c1-22-12(9(19)10(20-22)13(16,17)18)23(2)21-11(24)7-4-3-6(14)5-8(7)15/h3-5H,19H2,1-2H3,(H,21,24). The summed E-state index contributed by atoms with van der Waals surface area (Å²) in [4.78, 5) is 12.2. The molecule has 3 N–H and O–H groups in total. The fraction of sp³-hybridized carbons (Fsp3) is 0.231. The lowest BCUT2D eigenvalue weighted by atomic mass is 10.2. The highest BCUT2D eigenvalue weighted by Gasteiger charge is 2.39. The number of amides is 1. The molecule has 0 fully saturated rings. The number of aryl methyl sites for hydroxylation is 1. The average molecular weight is 382 g/mol. The molecule has 6 nitrogen and oxygen atoms in total. The van der Waals surface area contributed by atoms with E-state index in [-0.39, 0.29) is 16.4 Å². The Morgan fingerprint density at radius 3 is 2.50 bits per heavy atom. The van der Waals surface area contributed by atoms with Crippen molar-refractivity contribution in [2.24, 2.45) is 7.05 Å². The van der Waals surface area contributed by atoms with Crippen molar-refractivity contribution in [2.75, 3.05) is 17.8 Å². The van der Waals surface area contributed by atoms with E-state index in [2.05, 4.69) is 10.5 Å². The third-order valence-corrected chi connectivity index (χ3v) is 3.63. The Hall–Kier alpha value is -2.13. The number of halogens is 5. The molecular weight excluding hydrogens is 370 g/mol. The van der Waals surface area contributed by atoms with Crippen LogP contribution < -0.4 is 16.2 Å². The highest BCUT2D eigenvalue weighted by atomic mass is 35.5. The summed E-state index contributed by atoms with van der Waals surface area (Å²) in [7, 11) is 2.61. The number of nitrogens with two attached hydrogens (primary N) is 1. The number of carbonyl (C=O) groups excluding carboxylic acids is 1. The van der Waals surface area contributed by atoms with Gasteiger partial charge in [-0.1, -0.05) is 23.2 Å². The van der Waals surface area contributed by atoms with E-state index in [1.54, 1.807) is 0 Å². The van der Waals surface area contributed by atoms with Gasteiger partial charge in [0.15, 0.2) is 11.5 Å². The van der Waals surface area contributed by atoms with Gasteiger partial charge in [0.25, 0.3) is 5.91 Å². The second-order valence-electron chi connectivity index (χ2n) is 4.83. The zero-order valence-electron chi connectivity index (χ0n) is 12.4. The zero-order chi connectivity index (χ0) is 18.2. The Morgan fingerprint density at radius 2 is 2.00 bits per heavy atom. The van der Waals surface area contributed by atoms with Gasteiger partial charge in [0.05, 0.1) is 10.6 Å². The van der Waals surface area contributed by atoms with Crippen LogP contribution in [0, 0.1) is 0 Å². The molecule has 0 bridgehead atoms. The first kappa shape index (κ1) is 18.2. The van der Waals surface area contributed by atoms with Gasteiger partial charge in [-0.05, 0) is 18.2 Å². The van der Waals surface area contributed by atoms with Crippen molar-refractivity contribution in [1.82, 2.24) is 15.2 Å². The highest BCUT2D eigenvalue weighted by molar-refractivity contribution is 6.36. The van der Waals surface area contributed by atoms with Gasteiger partial charge in [-0.15, -0.1) is 0 Å². The molecule has 0 unspecified atom stereocenters. The fourth-order valence-corrected chi connectivity index (χ4v) is 2.57. The van der Waals surface area contributed by atoms with Crippen molar-refractivity contribution in [2.45, 2.75) is 6.18 Å². The Kier molecular flexibility index (Phi) is 4.86. The molecule has 2 rings (SSSR count). The fourth-order valence-electron chi connectivity index (χ4n) is 2.08. The lowest BCUT2D eigenvalue weighted by Gasteiger charge is -2.21. The zero-order valence-corrected chi connectivity index (χ0v) is 14.0. The minimum atomic E-state index is -4.70. The molecule has 0 spiro atoms. The third-order valence-electron chi connectivity index (χ3n) is 3.08. The molecule has 11 heteroatoms. The normalized spacial score (nSPS) is 11.5. The molecule has 1 aromatic heterocycles. The summed E-state index contributed by atoms with van der Waals surface area (Å²) in [6, 6.07) is 4.22. The molecule has 2 aromatic rings. The lowest BCUT2D eigenvalue weighted by Crippen LogP contribution is -2.40. The van der Waals surface area contributed by atoms with Crippen LogP contribution in [0.2, 0.25) is 10.0 Å². The van der Waals surface area contributed by atoms with E-state index in [9.17, 15) is 18.0 Å². The molecule has 130 valence electrons. The van der Waals surface area contributed by atoms with Crippen molar-refractivity contribution >= 4 is 40.6 Å². The van der Waals surface area contributed by atoms with Crippen molar-refractivity contribution in [1.29, 1.82) is 0 Å². The van der Waals surface area contributed by atoms with E-state index in [1.807, 2.05) is 0 Å². The summed E-state index contributed by atoms with van der Waals surface area (Å²) in [6.45, 7) is 0. The van der Waals surface area contributed by atoms with Crippen LogP contribution in [0.1, 0.15) is 16.1 Å². The molecule has 0 saturated carbocycles. The maximum absolute atomic E-state index is 12.8. The number of anilines is 2. The van der Waals surface area contributed by atoms with Gasteiger partial charge in [-0.25, -0.2) is 4.68 Å². The number of hydrogen-bond donors (Lipinski definition) is 2. The third kappa shape index (κ3) is 3.51. The van der Waals surface area contributed by atoms with E-state index in [0.29, 0.717) is 5.02 Å². The summed E-state index contributed by atoms with van der Waals surface area (Å²) in [5, 5.41) is 4.82. The molecule has 24 heavy (non-hydrogen) atoms. The predicted octanol–water partition coefficient (Wildman–Crippen LogP) is 3.11. The number of hydrogen-bond acceptors (Lipinski definition) is 4. The van der Waals surface area contributed by atoms with Gasteiger partial charge in [-0.2, -0.15) is 18.3 Å². The number of alkyl halides is 3. The van der Waals surface area contributed by atoms with Gasteiger partial charge in [0.1, 0.15) is 5.69 Å². The predicted molar refractivity (Wildman–Crippen MR) is 85.0 cm³/mol. The van der Waals surface area contributed by atoms with Crippen LogP contribution >= 0.6 is 23.2 Å². The van der Waals surface area contributed by atoms with E-state index in [0.717, 1.165) is 9.69 Å². The number of benzene rings is 1. The van der Waals surface area contributed by atoms with Gasteiger partial charge >= 0.3 is 6.18 Å². The minimum absolute atomic E-state index is 0.0994. The number of carbonyl (C=O) groups is 1. The Bertz CT molecular complexity index is 791. The summed E-state index contributed by atoms with van der Waals surface area (Å²) in [5.74, 6) is -0.769. The number of rotatable bonds is 3. The number of nitrogen functional groups attached to an aromatic ring is 1. The molecule has 0 radical (unpaired) electrons. The SMILES string of the molecule is CN(NC(=O)c1ccc(Cl)cc1Cl)c1c(N)c(C(F)(F)F)nn1C. The van der Waals surface area contributed by atoms with Gasteiger partial charge in [-0.3, -0.25) is 15.2 Å². The number of nitrogens with one attached hydrogen (secondary N) is 1. The van der Waals surface area contributed by atoms with Crippen LogP contribution in [0.4, 0.5) is 24.7 Å². The highest BCUT2D eigenvalue weighted by Crippen LogP contribution is 2.36. The van der Waals surface area contributed by atoms with E-state index < -0.39 is 23.5 Å². The van der Waals surface area contributed by atoms with Crippen molar-refractivity contribution in [3.8, 4) is 0 Å². The van der Waals surface area contributed by atoms with Gasteiger partial charge in [0, 0.05) is 19.1 Å². The Labute approximate surface area is 144 Å². The first-order valence-corrected chi connectivity index (χ1v) is 7.17. The van der Waals surface area contributed by atoms with Gasteiger partial charge < -0.3 is 5.73 Å². The smallest absolute Gasteiger partial charge is 0.394 e. The molecular formula is C13H12Cl2F3N5O. The maximum atomic E-state index is 12.8. The minimum Gasteiger partial charge on any atom is -0.394 e. The molecule has 0 saturated heterocycles. The van der Waals surface area contributed by atoms with E-state index in [4.69, 9.17) is 28.9 Å². The Morgan fingerprint density at radius 1 is 1.38 bits per heavy atom. The van der Waals surface area contributed by atoms with Crippen LogP contribution in [0.3, 0.4) is 0 Å². The summed E-state index contributed by atoms with van der Waals surface area (Å²) >= 11 is 11.7. The quantitative estimate of drug-likeness (QED) is 0.800. The number of hydrazine groups is 1. The van der Waals surface area contributed by atoms with E-state index >= 15 is 0 Å². The monoisotopic (exact) mass is 381 g/mol. The number of aromatic nitrogens is 2. The molecule has 1 heterocycles. The van der Waals surface area contributed by atoms with Crippen LogP contribution in [0.5, 0.6) is 0 Å². The number of nitrogens with zero attached hydrogens (tertiary/aromatic N) is 3. The molecule has 0 aliphatic rings. The molecule has 0 aliphatic heterocycles. The molecule has 0 atom stereocenters. The van der Waals surface area contributed by atoms with Crippen molar-refractivity contribution in [3.05, 3.63) is 39.5 Å². The lowest BCUT2D eigenvalue weighted by molar-refractivity contribution is -0.140. The molecule has 0 aliphatic carbocycles. The first-order chi connectivity index (χ1) is 11.0. The van der Waals surface area contributed by atoms with Crippen LogP contribution in [0.15, 0.2) is 18.2 Å². The van der Waals surface area contributed by atoms with Crippen LogP contribution in [-0.2, 0) is 13.2 Å². The van der Waals surface area contributed by atoms with Crippen molar-refractivity contribution in [3.63, 3.8) is 0 Å². The topological polar surface area (TPSA) is 76.2 Å². The van der Waals surface area contributed by atoms with Crippen LogP contribution in [0.25, 0.3) is 0 Å². The first-order valence-electron chi connectivity index (χ1n) is 6.41. The average Bonchev–Trinajstić information content (AvgIpc) is 2.73. The second kappa shape index (κ2) is 6.40. The second-order valence-corrected chi connectivity index (χ2v) is 5.68. The molecule has 1 aromatic carbocycles.